The minimum atomic E-state index is -0.0937. The monoisotopic (exact) mass is 321 g/mol. The maximum Gasteiger partial charge on any atom is 0.154 e. The van der Waals surface area contributed by atoms with Crippen LogP contribution in [-0.4, -0.2) is 10.1 Å². The standard InChI is InChI=1S/C17H23NOS2/c1-16(2,3)12-9-11(21-15-18-7-8-20-15)10-13(14(12)19)17(4,5)6/h7-10,19H,1-6H3. The van der Waals surface area contributed by atoms with Crippen molar-refractivity contribution in [1.82, 2.24) is 4.98 Å². The molecular weight excluding hydrogens is 298 g/mol. The second-order valence-electron chi connectivity index (χ2n) is 7.27. The molecule has 0 saturated heterocycles. The molecule has 4 heteroatoms. The zero-order valence-electron chi connectivity index (χ0n) is 13.5. The van der Waals surface area contributed by atoms with Gasteiger partial charge in [-0.2, -0.15) is 0 Å². The van der Waals surface area contributed by atoms with Crippen LogP contribution in [0.3, 0.4) is 0 Å². The van der Waals surface area contributed by atoms with Gasteiger partial charge in [0.25, 0.3) is 0 Å². The molecule has 2 aromatic rings. The van der Waals surface area contributed by atoms with Crippen molar-refractivity contribution in [3.63, 3.8) is 0 Å². The summed E-state index contributed by atoms with van der Waals surface area (Å²) in [4.78, 5) is 5.47. The Labute approximate surface area is 135 Å². The van der Waals surface area contributed by atoms with Crippen molar-refractivity contribution < 1.29 is 5.11 Å². The third-order valence-electron chi connectivity index (χ3n) is 3.31. The molecular formula is C17H23NOS2. The van der Waals surface area contributed by atoms with Crippen molar-refractivity contribution in [2.45, 2.75) is 61.6 Å². The first-order valence-corrected chi connectivity index (χ1v) is 8.74. The number of benzene rings is 1. The predicted octanol–water partition coefficient (Wildman–Crippen LogP) is 5.59. The van der Waals surface area contributed by atoms with Crippen LogP contribution in [0.1, 0.15) is 52.7 Å². The number of rotatable bonds is 2. The largest absolute Gasteiger partial charge is 0.507 e. The van der Waals surface area contributed by atoms with Crippen LogP contribution < -0.4 is 0 Å². The lowest BCUT2D eigenvalue weighted by Gasteiger charge is -2.28. The number of phenols is 1. The van der Waals surface area contributed by atoms with E-state index in [-0.39, 0.29) is 10.8 Å². The van der Waals surface area contributed by atoms with Crippen LogP contribution in [0.5, 0.6) is 5.75 Å². The van der Waals surface area contributed by atoms with Gasteiger partial charge in [0.2, 0.25) is 0 Å². The van der Waals surface area contributed by atoms with Gasteiger partial charge in [0.05, 0.1) is 0 Å². The van der Waals surface area contributed by atoms with Gasteiger partial charge in [-0.15, -0.1) is 11.3 Å². The van der Waals surface area contributed by atoms with Gasteiger partial charge in [0.15, 0.2) is 4.34 Å². The molecule has 0 aliphatic carbocycles. The fraction of sp³-hybridized carbons (Fsp3) is 0.471. The Balaban J connectivity index is 2.56. The van der Waals surface area contributed by atoms with Crippen molar-refractivity contribution in [3.05, 3.63) is 34.8 Å². The van der Waals surface area contributed by atoms with Crippen molar-refractivity contribution in [2.24, 2.45) is 0 Å². The lowest BCUT2D eigenvalue weighted by atomic mass is 9.79. The van der Waals surface area contributed by atoms with Crippen LogP contribution in [0, 0.1) is 0 Å². The van der Waals surface area contributed by atoms with Gasteiger partial charge in [0, 0.05) is 27.6 Å². The molecule has 1 heterocycles. The molecule has 0 spiro atoms. The maximum atomic E-state index is 10.7. The summed E-state index contributed by atoms with van der Waals surface area (Å²) in [5.41, 5.74) is 1.80. The Morgan fingerprint density at radius 1 is 1.00 bits per heavy atom. The van der Waals surface area contributed by atoms with Crippen LogP contribution in [0.25, 0.3) is 0 Å². The highest BCUT2D eigenvalue weighted by Gasteiger charge is 2.26. The molecule has 0 bridgehead atoms. The second-order valence-corrected chi connectivity index (χ2v) is 9.48. The second kappa shape index (κ2) is 5.65. The minimum Gasteiger partial charge on any atom is -0.507 e. The number of thiazole rings is 1. The van der Waals surface area contributed by atoms with E-state index >= 15 is 0 Å². The van der Waals surface area contributed by atoms with Crippen molar-refractivity contribution in [2.75, 3.05) is 0 Å². The third-order valence-corrected chi connectivity index (χ3v) is 5.17. The topological polar surface area (TPSA) is 33.1 Å². The number of aromatic nitrogens is 1. The Morgan fingerprint density at radius 3 is 1.90 bits per heavy atom. The average Bonchev–Trinajstić information content (AvgIpc) is 2.81. The molecule has 0 aliphatic heterocycles. The Bertz CT molecular complexity index is 584. The van der Waals surface area contributed by atoms with E-state index in [2.05, 4.69) is 58.7 Å². The molecule has 21 heavy (non-hydrogen) atoms. The van der Waals surface area contributed by atoms with Crippen LogP contribution in [0.4, 0.5) is 0 Å². The van der Waals surface area contributed by atoms with Gasteiger partial charge in [-0.1, -0.05) is 53.3 Å². The number of nitrogens with zero attached hydrogens (tertiary/aromatic N) is 1. The summed E-state index contributed by atoms with van der Waals surface area (Å²) >= 11 is 3.30. The zero-order chi connectivity index (χ0) is 15.8. The molecule has 1 N–H and O–H groups in total. The highest BCUT2D eigenvalue weighted by atomic mass is 32.2. The number of aromatic hydroxyl groups is 1. The molecule has 114 valence electrons. The van der Waals surface area contributed by atoms with E-state index in [4.69, 9.17) is 0 Å². The quantitative estimate of drug-likeness (QED) is 0.782. The Morgan fingerprint density at radius 2 is 1.52 bits per heavy atom. The van der Waals surface area contributed by atoms with Gasteiger partial charge in [0.1, 0.15) is 5.75 Å². The summed E-state index contributed by atoms with van der Waals surface area (Å²) in [5.74, 6) is 0.429. The summed E-state index contributed by atoms with van der Waals surface area (Å²) in [6.07, 6.45) is 1.82. The first-order chi connectivity index (χ1) is 9.59. The van der Waals surface area contributed by atoms with E-state index in [0.29, 0.717) is 5.75 Å². The molecule has 0 fully saturated rings. The van der Waals surface area contributed by atoms with E-state index in [1.54, 1.807) is 23.1 Å². The van der Waals surface area contributed by atoms with Gasteiger partial charge in [-0.3, -0.25) is 0 Å². The van der Waals surface area contributed by atoms with Gasteiger partial charge in [-0.05, 0) is 23.0 Å². The molecule has 0 radical (unpaired) electrons. The van der Waals surface area contributed by atoms with Crippen LogP contribution in [0.2, 0.25) is 0 Å². The Hall–Kier alpha value is -1.00. The number of phenolic OH excluding ortho intramolecular Hbond substituents is 1. The van der Waals surface area contributed by atoms with Gasteiger partial charge < -0.3 is 5.11 Å². The van der Waals surface area contributed by atoms with Crippen molar-refractivity contribution >= 4 is 23.1 Å². The zero-order valence-corrected chi connectivity index (χ0v) is 15.2. The highest BCUT2D eigenvalue weighted by Crippen LogP contribution is 2.43. The third kappa shape index (κ3) is 3.80. The van der Waals surface area contributed by atoms with E-state index in [1.165, 1.54) is 0 Å². The van der Waals surface area contributed by atoms with E-state index < -0.39 is 0 Å². The summed E-state index contributed by atoms with van der Waals surface area (Å²) in [7, 11) is 0. The fourth-order valence-electron chi connectivity index (χ4n) is 2.17. The molecule has 0 unspecified atom stereocenters. The predicted molar refractivity (Wildman–Crippen MR) is 91.7 cm³/mol. The number of hydrogen-bond acceptors (Lipinski definition) is 4. The van der Waals surface area contributed by atoms with Crippen LogP contribution >= 0.6 is 23.1 Å². The van der Waals surface area contributed by atoms with Crippen molar-refractivity contribution in [3.8, 4) is 5.75 Å². The van der Waals surface area contributed by atoms with Crippen LogP contribution in [0.15, 0.2) is 32.9 Å². The fourth-order valence-corrected chi connectivity index (χ4v) is 3.85. The van der Waals surface area contributed by atoms with E-state index in [0.717, 1.165) is 20.4 Å². The van der Waals surface area contributed by atoms with Gasteiger partial charge in [-0.25, -0.2) is 4.98 Å². The minimum absolute atomic E-state index is 0.0937. The van der Waals surface area contributed by atoms with E-state index in [1.807, 2.05) is 11.6 Å². The molecule has 1 aromatic heterocycles. The number of hydrogen-bond donors (Lipinski definition) is 1. The molecule has 0 atom stereocenters. The maximum absolute atomic E-state index is 10.7. The normalized spacial score (nSPS) is 12.7. The molecule has 2 rings (SSSR count). The summed E-state index contributed by atoms with van der Waals surface area (Å²) in [6, 6.07) is 4.19. The smallest absolute Gasteiger partial charge is 0.154 e. The lowest BCUT2D eigenvalue weighted by Crippen LogP contribution is -2.17. The molecule has 0 saturated carbocycles. The highest BCUT2D eigenvalue weighted by molar-refractivity contribution is 8.01. The summed E-state index contributed by atoms with van der Waals surface area (Å²) < 4.78 is 1.03. The molecule has 2 nitrogen and oxygen atoms in total. The Kier molecular flexibility index (Phi) is 4.41. The molecule has 0 aliphatic rings. The molecule has 0 amide bonds. The molecule has 1 aromatic carbocycles. The average molecular weight is 322 g/mol. The van der Waals surface area contributed by atoms with E-state index in [9.17, 15) is 5.11 Å². The first kappa shape index (κ1) is 16.4. The summed E-state index contributed by atoms with van der Waals surface area (Å²) in [5, 5.41) is 12.7. The van der Waals surface area contributed by atoms with Crippen molar-refractivity contribution in [1.29, 1.82) is 0 Å². The SMILES string of the molecule is CC(C)(C)c1cc(Sc2nccs2)cc(C(C)(C)C)c1O. The van der Waals surface area contributed by atoms with Gasteiger partial charge >= 0.3 is 0 Å². The lowest BCUT2D eigenvalue weighted by molar-refractivity contribution is 0.422. The van der Waals surface area contributed by atoms with Crippen LogP contribution in [-0.2, 0) is 10.8 Å². The first-order valence-electron chi connectivity index (χ1n) is 7.04. The summed E-state index contributed by atoms with van der Waals surface area (Å²) in [6.45, 7) is 12.8.